The lowest BCUT2D eigenvalue weighted by Crippen LogP contribution is -1.89. The number of rotatable bonds is 3. The average Bonchev–Trinajstić information content (AvgIpc) is 2.79. The standard InChI is InChI=1S/C27H19N/c1-3-9-20(10-4-1)22-15-17-26-23(19-22)16-18-27(28-26)25-14-8-7-13-24(25)21-11-5-2-6-12-21/h1-19H. The second-order valence-corrected chi connectivity index (χ2v) is 6.88. The molecule has 0 bridgehead atoms. The van der Waals surface area contributed by atoms with E-state index in [0.717, 1.165) is 22.2 Å². The summed E-state index contributed by atoms with van der Waals surface area (Å²) in [5, 5.41) is 1.15. The first kappa shape index (κ1) is 16.5. The Morgan fingerprint density at radius 2 is 1.07 bits per heavy atom. The molecule has 0 aliphatic heterocycles. The SMILES string of the molecule is c1ccc(-c2ccc3nc(-c4ccccc4-c4ccccc4)ccc3c2)cc1. The van der Waals surface area contributed by atoms with E-state index in [-0.39, 0.29) is 0 Å². The first-order valence-electron chi connectivity index (χ1n) is 9.49. The Morgan fingerprint density at radius 1 is 0.429 bits per heavy atom. The van der Waals surface area contributed by atoms with Crippen LogP contribution in [-0.2, 0) is 0 Å². The summed E-state index contributed by atoms with van der Waals surface area (Å²) in [7, 11) is 0. The van der Waals surface area contributed by atoms with E-state index in [9.17, 15) is 0 Å². The molecule has 1 heteroatoms. The predicted octanol–water partition coefficient (Wildman–Crippen LogP) is 7.24. The summed E-state index contributed by atoms with van der Waals surface area (Å²) in [4.78, 5) is 4.97. The van der Waals surface area contributed by atoms with Gasteiger partial charge in [-0.3, -0.25) is 0 Å². The van der Waals surface area contributed by atoms with Crippen LogP contribution < -0.4 is 0 Å². The van der Waals surface area contributed by atoms with Gasteiger partial charge >= 0.3 is 0 Å². The lowest BCUT2D eigenvalue weighted by atomic mass is 9.96. The Bertz CT molecular complexity index is 1240. The van der Waals surface area contributed by atoms with E-state index in [1.54, 1.807) is 0 Å². The molecule has 0 saturated carbocycles. The van der Waals surface area contributed by atoms with Crippen LogP contribution in [0.4, 0.5) is 0 Å². The third kappa shape index (κ3) is 3.08. The molecular formula is C27H19N. The van der Waals surface area contributed by atoms with E-state index in [1.807, 2.05) is 12.1 Å². The average molecular weight is 357 g/mol. The Labute approximate surface area is 165 Å². The van der Waals surface area contributed by atoms with E-state index in [1.165, 1.54) is 22.3 Å². The topological polar surface area (TPSA) is 12.9 Å². The molecule has 0 saturated heterocycles. The first-order valence-corrected chi connectivity index (χ1v) is 9.49. The highest BCUT2D eigenvalue weighted by Crippen LogP contribution is 2.32. The molecule has 0 N–H and O–H groups in total. The van der Waals surface area contributed by atoms with Gasteiger partial charge in [-0.05, 0) is 40.5 Å². The maximum absolute atomic E-state index is 4.97. The highest BCUT2D eigenvalue weighted by molar-refractivity contribution is 5.89. The van der Waals surface area contributed by atoms with Crippen LogP contribution in [0.5, 0.6) is 0 Å². The van der Waals surface area contributed by atoms with Gasteiger partial charge in [-0.1, -0.05) is 97.1 Å². The fourth-order valence-electron chi connectivity index (χ4n) is 3.66. The summed E-state index contributed by atoms with van der Waals surface area (Å²) < 4.78 is 0. The minimum absolute atomic E-state index is 0.999. The quantitative estimate of drug-likeness (QED) is 0.332. The van der Waals surface area contributed by atoms with Crippen LogP contribution >= 0.6 is 0 Å². The molecule has 0 aliphatic rings. The summed E-state index contributed by atoms with van der Waals surface area (Å²) in [5.74, 6) is 0. The van der Waals surface area contributed by atoms with Crippen molar-refractivity contribution in [2.24, 2.45) is 0 Å². The third-order valence-corrected chi connectivity index (χ3v) is 5.08. The Hall–Kier alpha value is -3.71. The van der Waals surface area contributed by atoms with Crippen molar-refractivity contribution in [2.45, 2.75) is 0 Å². The number of nitrogens with zero attached hydrogens (tertiary/aromatic N) is 1. The fraction of sp³-hybridized carbons (Fsp3) is 0. The molecule has 1 aromatic heterocycles. The Kier molecular flexibility index (Phi) is 4.19. The first-order chi connectivity index (χ1) is 13.9. The molecule has 0 aliphatic carbocycles. The van der Waals surface area contributed by atoms with Crippen molar-refractivity contribution < 1.29 is 0 Å². The minimum Gasteiger partial charge on any atom is -0.248 e. The van der Waals surface area contributed by atoms with Gasteiger partial charge in [0.25, 0.3) is 0 Å². The van der Waals surface area contributed by atoms with Crippen LogP contribution in [0.3, 0.4) is 0 Å². The van der Waals surface area contributed by atoms with E-state index in [4.69, 9.17) is 4.98 Å². The number of benzene rings is 4. The summed E-state index contributed by atoms with van der Waals surface area (Å²) in [6.07, 6.45) is 0. The van der Waals surface area contributed by atoms with Crippen molar-refractivity contribution in [1.82, 2.24) is 4.98 Å². The molecule has 0 atom stereocenters. The van der Waals surface area contributed by atoms with Crippen LogP contribution in [-0.4, -0.2) is 4.98 Å². The molecule has 4 aromatic carbocycles. The number of fused-ring (bicyclic) bond motifs is 1. The highest BCUT2D eigenvalue weighted by atomic mass is 14.7. The number of hydrogen-bond acceptors (Lipinski definition) is 1. The second-order valence-electron chi connectivity index (χ2n) is 6.88. The van der Waals surface area contributed by atoms with E-state index in [0.29, 0.717) is 0 Å². The summed E-state index contributed by atoms with van der Waals surface area (Å²) in [6, 6.07) is 40.2. The Morgan fingerprint density at radius 3 is 1.82 bits per heavy atom. The van der Waals surface area contributed by atoms with Gasteiger partial charge in [-0.2, -0.15) is 0 Å². The normalized spacial score (nSPS) is 10.9. The molecule has 0 spiro atoms. The summed E-state index contributed by atoms with van der Waals surface area (Å²) >= 11 is 0. The molecule has 5 aromatic rings. The highest BCUT2D eigenvalue weighted by Gasteiger charge is 2.09. The van der Waals surface area contributed by atoms with Crippen LogP contribution in [0.1, 0.15) is 0 Å². The third-order valence-electron chi connectivity index (χ3n) is 5.08. The van der Waals surface area contributed by atoms with Gasteiger partial charge in [-0.25, -0.2) is 4.98 Å². The molecule has 28 heavy (non-hydrogen) atoms. The van der Waals surface area contributed by atoms with Gasteiger partial charge in [0.05, 0.1) is 11.2 Å². The van der Waals surface area contributed by atoms with Crippen molar-refractivity contribution in [3.8, 4) is 33.5 Å². The lowest BCUT2D eigenvalue weighted by Gasteiger charge is -2.11. The molecule has 1 heterocycles. The van der Waals surface area contributed by atoms with Crippen LogP contribution in [0.2, 0.25) is 0 Å². The summed E-state index contributed by atoms with van der Waals surface area (Å²) in [6.45, 7) is 0. The van der Waals surface area contributed by atoms with Crippen molar-refractivity contribution >= 4 is 10.9 Å². The molecule has 0 amide bonds. The second kappa shape index (κ2) is 7.13. The molecular weight excluding hydrogens is 338 g/mol. The smallest absolute Gasteiger partial charge is 0.0715 e. The molecule has 1 nitrogen and oxygen atoms in total. The molecule has 0 fully saturated rings. The maximum Gasteiger partial charge on any atom is 0.0715 e. The lowest BCUT2D eigenvalue weighted by molar-refractivity contribution is 1.40. The number of hydrogen-bond donors (Lipinski definition) is 0. The number of aromatic nitrogens is 1. The van der Waals surface area contributed by atoms with Crippen molar-refractivity contribution in [3.63, 3.8) is 0 Å². The molecule has 0 radical (unpaired) electrons. The van der Waals surface area contributed by atoms with Gasteiger partial charge in [-0.15, -0.1) is 0 Å². The van der Waals surface area contributed by atoms with E-state index < -0.39 is 0 Å². The van der Waals surface area contributed by atoms with Gasteiger partial charge in [0, 0.05) is 10.9 Å². The van der Waals surface area contributed by atoms with Crippen molar-refractivity contribution in [1.29, 1.82) is 0 Å². The monoisotopic (exact) mass is 357 g/mol. The van der Waals surface area contributed by atoms with Gasteiger partial charge in [0.1, 0.15) is 0 Å². The number of pyridine rings is 1. The van der Waals surface area contributed by atoms with E-state index >= 15 is 0 Å². The van der Waals surface area contributed by atoms with Crippen molar-refractivity contribution in [3.05, 3.63) is 115 Å². The fourth-order valence-corrected chi connectivity index (χ4v) is 3.66. The Balaban J connectivity index is 1.60. The van der Waals surface area contributed by atoms with Gasteiger partial charge in [0.15, 0.2) is 0 Å². The molecule has 0 unspecified atom stereocenters. The van der Waals surface area contributed by atoms with Gasteiger partial charge < -0.3 is 0 Å². The minimum atomic E-state index is 0.999. The van der Waals surface area contributed by atoms with Crippen molar-refractivity contribution in [2.75, 3.05) is 0 Å². The molecule has 5 rings (SSSR count). The van der Waals surface area contributed by atoms with Crippen LogP contribution in [0, 0.1) is 0 Å². The predicted molar refractivity (Wildman–Crippen MR) is 118 cm³/mol. The van der Waals surface area contributed by atoms with E-state index in [2.05, 4.69) is 103 Å². The van der Waals surface area contributed by atoms with Gasteiger partial charge in [0.2, 0.25) is 0 Å². The zero-order valence-electron chi connectivity index (χ0n) is 15.4. The maximum atomic E-state index is 4.97. The summed E-state index contributed by atoms with van der Waals surface area (Å²) in [5.41, 5.74) is 8.02. The van der Waals surface area contributed by atoms with Crippen LogP contribution in [0.25, 0.3) is 44.4 Å². The zero-order chi connectivity index (χ0) is 18.8. The largest absolute Gasteiger partial charge is 0.248 e. The molecule has 132 valence electrons. The zero-order valence-corrected chi connectivity index (χ0v) is 15.4. The van der Waals surface area contributed by atoms with Crippen LogP contribution in [0.15, 0.2) is 115 Å².